The molecule has 5 nitrogen and oxygen atoms in total. The van der Waals surface area contributed by atoms with Gasteiger partial charge in [0, 0.05) is 13.1 Å². The molecule has 5 heteroatoms. The fraction of sp³-hybridized carbons (Fsp3) is 0.200. The number of hydrogen-bond acceptors (Lipinski definition) is 3. The molecule has 0 heterocycles. The molecule has 3 aromatic carbocycles. The highest BCUT2D eigenvalue weighted by atomic mass is 16.5. The van der Waals surface area contributed by atoms with Gasteiger partial charge in [-0.3, -0.25) is 9.59 Å². The summed E-state index contributed by atoms with van der Waals surface area (Å²) in [5.41, 5.74) is 1.70. The third-order valence-electron chi connectivity index (χ3n) is 4.65. The van der Waals surface area contributed by atoms with E-state index in [-0.39, 0.29) is 18.4 Å². The van der Waals surface area contributed by atoms with Crippen molar-refractivity contribution in [2.45, 2.75) is 19.5 Å². The van der Waals surface area contributed by atoms with E-state index in [9.17, 15) is 9.59 Å². The zero-order chi connectivity index (χ0) is 21.2. The summed E-state index contributed by atoms with van der Waals surface area (Å²) >= 11 is 0. The molecule has 1 N–H and O–H groups in total. The molecule has 0 radical (unpaired) electrons. The highest BCUT2D eigenvalue weighted by Gasteiger charge is 2.31. The molecule has 0 spiro atoms. The predicted molar refractivity (Wildman–Crippen MR) is 117 cm³/mol. The van der Waals surface area contributed by atoms with E-state index in [0.29, 0.717) is 18.8 Å². The van der Waals surface area contributed by atoms with E-state index in [1.165, 1.54) is 0 Å². The lowest BCUT2D eigenvalue weighted by molar-refractivity contribution is -0.143. The molecule has 0 aromatic heterocycles. The van der Waals surface area contributed by atoms with Crippen LogP contribution in [0.4, 0.5) is 0 Å². The van der Waals surface area contributed by atoms with Crippen molar-refractivity contribution in [3.63, 3.8) is 0 Å². The molecule has 1 unspecified atom stereocenters. The van der Waals surface area contributed by atoms with Crippen LogP contribution in [0.15, 0.2) is 91.0 Å². The van der Waals surface area contributed by atoms with Crippen LogP contribution in [0.25, 0.3) is 0 Å². The normalized spacial score (nSPS) is 11.4. The lowest BCUT2D eigenvalue weighted by atomic mass is 10.0. The molecule has 0 aliphatic heterocycles. The summed E-state index contributed by atoms with van der Waals surface area (Å²) in [7, 11) is 0. The Kier molecular flexibility index (Phi) is 7.61. The molecule has 0 saturated carbocycles. The number of likely N-dealkylation sites (N-methyl/N-ethyl adjacent to an activating group) is 1. The van der Waals surface area contributed by atoms with Crippen molar-refractivity contribution < 1.29 is 14.3 Å². The summed E-state index contributed by atoms with van der Waals surface area (Å²) < 4.78 is 5.69. The van der Waals surface area contributed by atoms with Crippen molar-refractivity contribution in [2.75, 3.05) is 13.2 Å². The van der Waals surface area contributed by atoms with Gasteiger partial charge in [-0.1, -0.05) is 78.9 Å². The monoisotopic (exact) mass is 402 g/mol. The van der Waals surface area contributed by atoms with Gasteiger partial charge in [-0.05, 0) is 30.2 Å². The van der Waals surface area contributed by atoms with Crippen LogP contribution in [-0.4, -0.2) is 29.9 Å². The minimum atomic E-state index is -0.752. The second kappa shape index (κ2) is 10.8. The topological polar surface area (TPSA) is 58.6 Å². The van der Waals surface area contributed by atoms with Gasteiger partial charge in [0.2, 0.25) is 5.91 Å². The Bertz CT molecular complexity index is 930. The first-order valence-corrected chi connectivity index (χ1v) is 10.0. The summed E-state index contributed by atoms with van der Waals surface area (Å²) in [6.45, 7) is 2.49. The van der Waals surface area contributed by atoms with Crippen LogP contribution in [0.2, 0.25) is 0 Å². The quantitative estimate of drug-likeness (QED) is 0.589. The second-order valence-electron chi connectivity index (χ2n) is 6.82. The van der Waals surface area contributed by atoms with E-state index in [1.807, 2.05) is 85.8 Å². The highest BCUT2D eigenvalue weighted by Crippen LogP contribution is 2.24. The fourth-order valence-corrected chi connectivity index (χ4v) is 3.23. The molecular weight excluding hydrogens is 376 g/mol. The van der Waals surface area contributed by atoms with Crippen molar-refractivity contribution >= 4 is 11.8 Å². The van der Waals surface area contributed by atoms with E-state index in [0.717, 1.165) is 11.1 Å². The van der Waals surface area contributed by atoms with Crippen molar-refractivity contribution in [3.05, 3.63) is 102 Å². The summed E-state index contributed by atoms with van der Waals surface area (Å²) in [5.74, 6) is 0.135. The Hall–Kier alpha value is -3.60. The van der Waals surface area contributed by atoms with Gasteiger partial charge in [-0.25, -0.2) is 0 Å². The molecule has 0 bridgehead atoms. The Morgan fingerprint density at radius 1 is 0.867 bits per heavy atom. The molecule has 1 atom stereocenters. The van der Waals surface area contributed by atoms with Crippen LogP contribution in [0.3, 0.4) is 0 Å². The maximum absolute atomic E-state index is 13.3. The fourth-order valence-electron chi connectivity index (χ4n) is 3.23. The number of rotatable bonds is 9. The van der Waals surface area contributed by atoms with Gasteiger partial charge >= 0.3 is 0 Å². The van der Waals surface area contributed by atoms with Crippen molar-refractivity contribution in [1.82, 2.24) is 10.2 Å². The first-order valence-electron chi connectivity index (χ1n) is 10.0. The van der Waals surface area contributed by atoms with Gasteiger partial charge in [0.1, 0.15) is 11.8 Å². The van der Waals surface area contributed by atoms with Crippen molar-refractivity contribution in [1.29, 1.82) is 0 Å². The lowest BCUT2D eigenvalue weighted by Gasteiger charge is -2.31. The standard InChI is InChI=1S/C25H26N2O3/c1-2-26-25(29)24(21-14-8-4-9-15-21)27(18-20-12-6-3-7-13-20)23(28)19-30-22-16-10-5-11-17-22/h3-17,24H,2,18-19H2,1H3,(H,26,29). The molecule has 0 saturated heterocycles. The average Bonchev–Trinajstić information content (AvgIpc) is 2.79. The van der Waals surface area contributed by atoms with Crippen LogP contribution in [-0.2, 0) is 16.1 Å². The van der Waals surface area contributed by atoms with Gasteiger partial charge in [-0.2, -0.15) is 0 Å². The maximum atomic E-state index is 13.3. The van der Waals surface area contributed by atoms with Crippen LogP contribution < -0.4 is 10.1 Å². The Morgan fingerprint density at radius 2 is 1.43 bits per heavy atom. The summed E-state index contributed by atoms with van der Waals surface area (Å²) in [6, 6.07) is 27.4. The Morgan fingerprint density at radius 3 is 2.03 bits per heavy atom. The average molecular weight is 402 g/mol. The lowest BCUT2D eigenvalue weighted by Crippen LogP contribution is -2.45. The first-order chi connectivity index (χ1) is 14.7. The number of ether oxygens (including phenoxy) is 1. The van der Waals surface area contributed by atoms with Gasteiger partial charge in [-0.15, -0.1) is 0 Å². The van der Waals surface area contributed by atoms with Crippen LogP contribution in [0.1, 0.15) is 24.1 Å². The minimum absolute atomic E-state index is 0.153. The van der Waals surface area contributed by atoms with E-state index < -0.39 is 6.04 Å². The number of nitrogens with zero attached hydrogens (tertiary/aromatic N) is 1. The van der Waals surface area contributed by atoms with Crippen molar-refractivity contribution in [2.24, 2.45) is 0 Å². The molecule has 30 heavy (non-hydrogen) atoms. The van der Waals surface area contributed by atoms with Gasteiger partial charge in [0.15, 0.2) is 6.61 Å². The largest absolute Gasteiger partial charge is 0.484 e. The van der Waals surface area contributed by atoms with Crippen molar-refractivity contribution in [3.8, 4) is 5.75 Å². The number of carbonyl (C=O) groups excluding carboxylic acids is 2. The SMILES string of the molecule is CCNC(=O)C(c1ccccc1)N(Cc1ccccc1)C(=O)COc1ccccc1. The van der Waals surface area contributed by atoms with E-state index in [1.54, 1.807) is 17.0 Å². The third kappa shape index (κ3) is 5.70. The third-order valence-corrected chi connectivity index (χ3v) is 4.65. The van der Waals surface area contributed by atoms with Gasteiger partial charge in [0.05, 0.1) is 0 Å². The zero-order valence-corrected chi connectivity index (χ0v) is 17.0. The molecule has 0 aliphatic carbocycles. The molecule has 0 fully saturated rings. The smallest absolute Gasteiger partial charge is 0.261 e. The number of hydrogen-bond donors (Lipinski definition) is 1. The molecule has 2 amide bonds. The first kappa shape index (κ1) is 21.1. The molecule has 3 rings (SSSR count). The number of nitrogens with one attached hydrogen (secondary N) is 1. The van der Waals surface area contributed by atoms with Crippen LogP contribution in [0, 0.1) is 0 Å². The Balaban J connectivity index is 1.90. The summed E-state index contributed by atoms with van der Waals surface area (Å²) in [5, 5.41) is 2.87. The Labute approximate surface area is 177 Å². The maximum Gasteiger partial charge on any atom is 0.261 e. The molecule has 154 valence electrons. The highest BCUT2D eigenvalue weighted by molar-refractivity contribution is 5.89. The van der Waals surface area contributed by atoms with Gasteiger partial charge < -0.3 is 15.0 Å². The predicted octanol–water partition coefficient (Wildman–Crippen LogP) is 3.97. The number of benzene rings is 3. The number of amides is 2. The zero-order valence-electron chi connectivity index (χ0n) is 17.0. The van der Waals surface area contributed by atoms with E-state index in [4.69, 9.17) is 4.74 Å². The molecule has 0 aliphatic rings. The second-order valence-corrected chi connectivity index (χ2v) is 6.82. The minimum Gasteiger partial charge on any atom is -0.484 e. The van der Waals surface area contributed by atoms with Crippen LogP contribution >= 0.6 is 0 Å². The van der Waals surface area contributed by atoms with E-state index >= 15 is 0 Å². The molecular formula is C25H26N2O3. The van der Waals surface area contributed by atoms with Crippen LogP contribution in [0.5, 0.6) is 5.75 Å². The number of carbonyl (C=O) groups is 2. The van der Waals surface area contributed by atoms with Gasteiger partial charge in [0.25, 0.3) is 5.91 Å². The number of para-hydroxylation sites is 1. The van der Waals surface area contributed by atoms with E-state index in [2.05, 4.69) is 5.32 Å². The summed E-state index contributed by atoms with van der Waals surface area (Å²) in [4.78, 5) is 27.9. The summed E-state index contributed by atoms with van der Waals surface area (Å²) in [6.07, 6.45) is 0. The molecule has 3 aromatic rings.